The molecule has 0 amide bonds. The first-order valence-corrected chi connectivity index (χ1v) is 8.40. The van der Waals surface area contributed by atoms with Crippen LogP contribution in [0.4, 0.5) is 22.0 Å². The smallest absolute Gasteiger partial charge is 0.229 e. The summed E-state index contributed by atoms with van der Waals surface area (Å²) in [6, 6.07) is 6.50. The van der Waals surface area contributed by atoms with Crippen molar-refractivity contribution in [2.45, 2.75) is 20.4 Å². The summed E-state index contributed by atoms with van der Waals surface area (Å²) < 4.78 is 15.4. The number of nitrogen functional groups attached to an aromatic ring is 1. The van der Waals surface area contributed by atoms with E-state index in [1.165, 1.54) is 6.07 Å². The van der Waals surface area contributed by atoms with Crippen molar-refractivity contribution in [1.82, 2.24) is 29.5 Å². The first-order chi connectivity index (χ1) is 13.0. The summed E-state index contributed by atoms with van der Waals surface area (Å²) >= 11 is 0. The Morgan fingerprint density at radius 3 is 2.74 bits per heavy atom. The maximum atomic E-state index is 13.4. The van der Waals surface area contributed by atoms with Gasteiger partial charge in [0.2, 0.25) is 11.9 Å². The van der Waals surface area contributed by atoms with Gasteiger partial charge in [-0.1, -0.05) is 0 Å². The number of aromatic nitrogens is 6. The molecular formula is C18H17FN8. The molecule has 9 heteroatoms. The molecule has 0 unspecified atom stereocenters. The van der Waals surface area contributed by atoms with Crippen LogP contribution < -0.4 is 11.1 Å². The molecule has 27 heavy (non-hydrogen) atoms. The van der Waals surface area contributed by atoms with Crippen LogP contribution in [0.25, 0.3) is 22.7 Å². The molecule has 3 heterocycles. The van der Waals surface area contributed by atoms with Gasteiger partial charge in [0.05, 0.1) is 6.20 Å². The van der Waals surface area contributed by atoms with E-state index in [4.69, 9.17) is 5.73 Å². The van der Waals surface area contributed by atoms with Crippen LogP contribution in [0.3, 0.4) is 0 Å². The Morgan fingerprint density at radius 1 is 1.15 bits per heavy atom. The number of aryl methyl sites for hydroxylation is 2. The Morgan fingerprint density at radius 2 is 2.00 bits per heavy atom. The normalized spacial score (nSPS) is 11.1. The van der Waals surface area contributed by atoms with Crippen molar-refractivity contribution in [3.8, 4) is 11.5 Å². The van der Waals surface area contributed by atoms with Crippen molar-refractivity contribution in [3.05, 3.63) is 48.0 Å². The number of benzene rings is 1. The minimum absolute atomic E-state index is 0.183. The van der Waals surface area contributed by atoms with Gasteiger partial charge < -0.3 is 15.6 Å². The molecular weight excluding hydrogens is 347 g/mol. The topological polar surface area (TPSA) is 107 Å². The summed E-state index contributed by atoms with van der Waals surface area (Å²) in [7, 11) is 0. The summed E-state index contributed by atoms with van der Waals surface area (Å²) in [5.41, 5.74) is 8.87. The van der Waals surface area contributed by atoms with Gasteiger partial charge in [-0.25, -0.2) is 24.3 Å². The van der Waals surface area contributed by atoms with Crippen LogP contribution in [0.2, 0.25) is 0 Å². The fourth-order valence-corrected chi connectivity index (χ4v) is 2.82. The fraction of sp³-hybridized carbons (Fsp3) is 0.167. The van der Waals surface area contributed by atoms with Gasteiger partial charge in [-0.3, -0.25) is 0 Å². The van der Waals surface area contributed by atoms with E-state index in [0.717, 1.165) is 0 Å². The first kappa shape index (κ1) is 16.8. The number of nitrogens with two attached hydrogens (primary N) is 1. The number of imidazole rings is 1. The van der Waals surface area contributed by atoms with Crippen molar-refractivity contribution in [2.75, 3.05) is 11.1 Å². The second kappa shape index (κ2) is 6.60. The highest BCUT2D eigenvalue weighted by Crippen LogP contribution is 2.24. The summed E-state index contributed by atoms with van der Waals surface area (Å²) in [5.74, 6) is 0.972. The number of hydrogen-bond acceptors (Lipinski definition) is 7. The van der Waals surface area contributed by atoms with Gasteiger partial charge in [-0.05, 0) is 43.7 Å². The third-order valence-electron chi connectivity index (χ3n) is 4.12. The van der Waals surface area contributed by atoms with Gasteiger partial charge in [0.15, 0.2) is 11.5 Å². The quantitative estimate of drug-likeness (QED) is 0.573. The maximum absolute atomic E-state index is 13.4. The Kier molecular flexibility index (Phi) is 4.11. The molecule has 0 aliphatic heterocycles. The van der Waals surface area contributed by atoms with Crippen LogP contribution >= 0.6 is 0 Å². The summed E-state index contributed by atoms with van der Waals surface area (Å²) in [6.45, 7) is 4.34. The predicted octanol–water partition coefficient (Wildman–Crippen LogP) is 3.08. The molecule has 136 valence electrons. The van der Waals surface area contributed by atoms with E-state index in [1.54, 1.807) is 37.5 Å². The fourth-order valence-electron chi connectivity index (χ4n) is 2.82. The standard InChI is InChI=1S/C18H17FN8/c1-3-27-15(13-6-7-21-17(20)25-13)24-14-9-22-18(26-16(14)27)23-11-4-5-12(19)10(2)8-11/h4-9H,3H2,1-2H3,(H2,20,21,25)(H,22,23,26). The molecule has 0 saturated heterocycles. The zero-order valence-corrected chi connectivity index (χ0v) is 14.8. The van der Waals surface area contributed by atoms with E-state index in [2.05, 4.69) is 30.2 Å². The van der Waals surface area contributed by atoms with E-state index >= 15 is 0 Å². The van der Waals surface area contributed by atoms with Crippen LogP contribution in [-0.2, 0) is 6.54 Å². The van der Waals surface area contributed by atoms with E-state index < -0.39 is 0 Å². The molecule has 0 bridgehead atoms. The van der Waals surface area contributed by atoms with Gasteiger partial charge in [0.25, 0.3) is 0 Å². The highest BCUT2D eigenvalue weighted by molar-refractivity contribution is 5.77. The number of nitrogens with zero attached hydrogens (tertiary/aromatic N) is 6. The van der Waals surface area contributed by atoms with Gasteiger partial charge in [-0.15, -0.1) is 0 Å². The Balaban J connectivity index is 1.76. The predicted molar refractivity (Wildman–Crippen MR) is 101 cm³/mol. The number of nitrogens with one attached hydrogen (secondary N) is 1. The number of anilines is 3. The van der Waals surface area contributed by atoms with Gasteiger partial charge in [-0.2, -0.15) is 4.98 Å². The van der Waals surface area contributed by atoms with E-state index in [0.29, 0.717) is 46.4 Å². The lowest BCUT2D eigenvalue weighted by Gasteiger charge is -2.07. The van der Waals surface area contributed by atoms with Gasteiger partial charge >= 0.3 is 0 Å². The molecule has 0 spiro atoms. The average Bonchev–Trinajstić information content (AvgIpc) is 3.02. The molecule has 0 aliphatic carbocycles. The highest BCUT2D eigenvalue weighted by atomic mass is 19.1. The molecule has 1 aromatic carbocycles. The zero-order chi connectivity index (χ0) is 19.0. The molecule has 0 aliphatic rings. The summed E-state index contributed by atoms with van der Waals surface area (Å²) in [4.78, 5) is 21.6. The third kappa shape index (κ3) is 3.14. The minimum Gasteiger partial charge on any atom is -0.368 e. The summed E-state index contributed by atoms with van der Waals surface area (Å²) in [5, 5.41) is 3.10. The monoisotopic (exact) mass is 364 g/mol. The molecule has 4 rings (SSSR count). The Hall–Kier alpha value is -3.62. The number of rotatable bonds is 4. The Labute approximate surface area is 154 Å². The lowest BCUT2D eigenvalue weighted by molar-refractivity contribution is 0.619. The van der Waals surface area contributed by atoms with Crippen molar-refractivity contribution in [1.29, 1.82) is 0 Å². The molecule has 0 fully saturated rings. The molecule has 0 radical (unpaired) electrons. The lowest BCUT2D eigenvalue weighted by Crippen LogP contribution is -2.03. The first-order valence-electron chi connectivity index (χ1n) is 8.40. The average molecular weight is 364 g/mol. The van der Waals surface area contributed by atoms with Crippen molar-refractivity contribution in [2.24, 2.45) is 0 Å². The number of halogens is 1. The molecule has 4 aromatic rings. The number of hydrogen-bond donors (Lipinski definition) is 2. The van der Waals surface area contributed by atoms with Crippen molar-refractivity contribution >= 4 is 28.7 Å². The van der Waals surface area contributed by atoms with Crippen LogP contribution in [0, 0.1) is 12.7 Å². The summed E-state index contributed by atoms with van der Waals surface area (Å²) in [6.07, 6.45) is 3.23. The SMILES string of the molecule is CCn1c(-c2ccnc(N)n2)nc2cnc(Nc3ccc(F)c(C)c3)nc21. The molecule has 0 atom stereocenters. The van der Waals surface area contributed by atoms with Gasteiger partial charge in [0, 0.05) is 18.4 Å². The molecule has 0 saturated carbocycles. The van der Waals surface area contributed by atoms with Crippen LogP contribution in [0.1, 0.15) is 12.5 Å². The van der Waals surface area contributed by atoms with E-state index in [1.807, 2.05) is 11.5 Å². The second-order valence-corrected chi connectivity index (χ2v) is 5.97. The van der Waals surface area contributed by atoms with Crippen LogP contribution in [-0.4, -0.2) is 29.5 Å². The van der Waals surface area contributed by atoms with Crippen molar-refractivity contribution < 1.29 is 4.39 Å². The minimum atomic E-state index is -0.255. The lowest BCUT2D eigenvalue weighted by atomic mass is 10.2. The Bertz CT molecular complexity index is 1140. The second-order valence-electron chi connectivity index (χ2n) is 5.97. The number of fused-ring (bicyclic) bond motifs is 1. The highest BCUT2D eigenvalue weighted by Gasteiger charge is 2.15. The van der Waals surface area contributed by atoms with Gasteiger partial charge in [0.1, 0.15) is 17.0 Å². The van der Waals surface area contributed by atoms with E-state index in [9.17, 15) is 4.39 Å². The maximum Gasteiger partial charge on any atom is 0.229 e. The molecule has 8 nitrogen and oxygen atoms in total. The third-order valence-corrected chi connectivity index (χ3v) is 4.12. The largest absolute Gasteiger partial charge is 0.368 e. The van der Waals surface area contributed by atoms with Crippen LogP contribution in [0.5, 0.6) is 0 Å². The molecule has 3 N–H and O–H groups in total. The van der Waals surface area contributed by atoms with E-state index in [-0.39, 0.29) is 11.8 Å². The zero-order valence-electron chi connectivity index (χ0n) is 14.8. The molecule has 3 aromatic heterocycles. The van der Waals surface area contributed by atoms with Crippen LogP contribution in [0.15, 0.2) is 36.7 Å². The van der Waals surface area contributed by atoms with Crippen molar-refractivity contribution in [3.63, 3.8) is 0 Å².